The molecule has 1 aromatic carbocycles. The molecule has 2 heterocycles. The molecule has 3 rings (SSSR count). The molecule has 0 unspecified atom stereocenters. The zero-order valence-corrected chi connectivity index (χ0v) is 11.2. The molecule has 1 aromatic heterocycles. The Balaban J connectivity index is 1.96. The highest BCUT2D eigenvalue weighted by molar-refractivity contribution is 5.73. The molecule has 4 heteroatoms. The van der Waals surface area contributed by atoms with Gasteiger partial charge in [0.15, 0.2) is 5.58 Å². The van der Waals surface area contributed by atoms with Crippen molar-refractivity contribution in [2.45, 2.75) is 32.7 Å². The molecule has 0 atom stereocenters. The van der Waals surface area contributed by atoms with Gasteiger partial charge in [0.2, 0.25) is 0 Å². The summed E-state index contributed by atoms with van der Waals surface area (Å²) in [5.74, 6) is 0.271. The zero-order valence-electron chi connectivity index (χ0n) is 11.2. The highest BCUT2D eigenvalue weighted by Gasteiger charge is 2.18. The summed E-state index contributed by atoms with van der Waals surface area (Å²) < 4.78 is 12.5. The molecule has 0 bridgehead atoms. The summed E-state index contributed by atoms with van der Waals surface area (Å²) in [7, 11) is 0. The minimum Gasteiger partial charge on any atom is -0.408 e. The first-order valence-corrected chi connectivity index (χ1v) is 6.98. The lowest BCUT2D eigenvalue weighted by molar-refractivity contribution is 0.0610. The molecule has 0 aliphatic carbocycles. The van der Waals surface area contributed by atoms with Gasteiger partial charge in [-0.3, -0.25) is 4.57 Å². The van der Waals surface area contributed by atoms with E-state index in [1.807, 2.05) is 12.1 Å². The third kappa shape index (κ3) is 2.45. The molecule has 0 spiro atoms. The fourth-order valence-electron chi connectivity index (χ4n) is 2.69. The van der Waals surface area contributed by atoms with Crippen molar-refractivity contribution in [3.63, 3.8) is 0 Å². The second kappa shape index (κ2) is 5.21. The smallest absolute Gasteiger partial charge is 0.408 e. The van der Waals surface area contributed by atoms with Gasteiger partial charge in [-0.15, -0.1) is 0 Å². The van der Waals surface area contributed by atoms with Crippen LogP contribution in [0.4, 0.5) is 0 Å². The highest BCUT2D eigenvalue weighted by Crippen LogP contribution is 2.21. The quantitative estimate of drug-likeness (QED) is 0.853. The second-order valence-corrected chi connectivity index (χ2v) is 5.19. The molecule has 4 nitrogen and oxygen atoms in total. The standard InChI is InChI=1S/C15H19NO3/c1-2-11-3-4-14-13(9-11)16(15(17)19-14)10-12-5-7-18-8-6-12/h3-4,9,12H,2,5-8,10H2,1H3. The van der Waals surface area contributed by atoms with Gasteiger partial charge in [-0.1, -0.05) is 13.0 Å². The van der Waals surface area contributed by atoms with E-state index in [0.29, 0.717) is 11.5 Å². The van der Waals surface area contributed by atoms with Crippen LogP contribution in [0.1, 0.15) is 25.3 Å². The van der Waals surface area contributed by atoms with Crippen LogP contribution >= 0.6 is 0 Å². The third-order valence-corrected chi connectivity index (χ3v) is 3.92. The Morgan fingerprint density at radius 2 is 2.11 bits per heavy atom. The van der Waals surface area contributed by atoms with Gasteiger partial charge in [0, 0.05) is 19.8 Å². The Morgan fingerprint density at radius 3 is 2.84 bits per heavy atom. The maximum Gasteiger partial charge on any atom is 0.419 e. The van der Waals surface area contributed by atoms with Crippen LogP contribution in [-0.2, 0) is 17.7 Å². The number of hydrogen-bond donors (Lipinski definition) is 0. The number of nitrogens with zero attached hydrogens (tertiary/aromatic N) is 1. The normalized spacial score (nSPS) is 17.1. The number of aromatic nitrogens is 1. The van der Waals surface area contributed by atoms with Gasteiger partial charge in [0.1, 0.15) is 0 Å². The van der Waals surface area contributed by atoms with Crippen LogP contribution < -0.4 is 5.76 Å². The summed E-state index contributed by atoms with van der Waals surface area (Å²) in [6.45, 7) is 4.45. The Bertz CT molecular complexity index is 620. The maximum absolute atomic E-state index is 12.0. The first kappa shape index (κ1) is 12.5. The van der Waals surface area contributed by atoms with Crippen molar-refractivity contribution in [1.82, 2.24) is 4.57 Å². The summed E-state index contributed by atoms with van der Waals surface area (Å²) in [4.78, 5) is 12.0. The monoisotopic (exact) mass is 261 g/mol. The van der Waals surface area contributed by atoms with E-state index in [1.165, 1.54) is 5.56 Å². The Labute approximate surface area is 112 Å². The van der Waals surface area contributed by atoms with Crippen molar-refractivity contribution >= 4 is 11.1 Å². The molecular formula is C15H19NO3. The molecule has 2 aromatic rings. The van der Waals surface area contributed by atoms with Gasteiger partial charge in [0.05, 0.1) is 5.52 Å². The minimum atomic E-state index is -0.241. The minimum absolute atomic E-state index is 0.241. The fraction of sp³-hybridized carbons (Fsp3) is 0.533. The number of hydrogen-bond acceptors (Lipinski definition) is 3. The molecule has 0 radical (unpaired) electrons. The number of oxazole rings is 1. The zero-order chi connectivity index (χ0) is 13.2. The van der Waals surface area contributed by atoms with Gasteiger partial charge in [-0.05, 0) is 42.9 Å². The van der Waals surface area contributed by atoms with Gasteiger partial charge in [0.25, 0.3) is 0 Å². The topological polar surface area (TPSA) is 44.4 Å². The Kier molecular flexibility index (Phi) is 3.42. The van der Waals surface area contributed by atoms with E-state index >= 15 is 0 Å². The van der Waals surface area contributed by atoms with Crippen molar-refractivity contribution < 1.29 is 9.15 Å². The predicted molar refractivity (Wildman–Crippen MR) is 73.4 cm³/mol. The number of benzene rings is 1. The number of rotatable bonds is 3. The van der Waals surface area contributed by atoms with Gasteiger partial charge in [-0.2, -0.15) is 0 Å². The summed E-state index contributed by atoms with van der Waals surface area (Å²) in [6, 6.07) is 5.99. The van der Waals surface area contributed by atoms with E-state index in [1.54, 1.807) is 4.57 Å². The molecule has 19 heavy (non-hydrogen) atoms. The molecule has 1 aliphatic heterocycles. The van der Waals surface area contributed by atoms with E-state index in [2.05, 4.69) is 13.0 Å². The van der Waals surface area contributed by atoms with Gasteiger partial charge >= 0.3 is 5.76 Å². The molecule has 0 amide bonds. The van der Waals surface area contributed by atoms with Crippen LogP contribution in [-0.4, -0.2) is 17.8 Å². The Morgan fingerprint density at radius 1 is 1.32 bits per heavy atom. The Hall–Kier alpha value is -1.55. The maximum atomic E-state index is 12.0. The van der Waals surface area contributed by atoms with E-state index in [0.717, 1.165) is 44.5 Å². The average Bonchev–Trinajstić information content (AvgIpc) is 2.76. The van der Waals surface area contributed by atoms with Crippen LogP contribution in [0.5, 0.6) is 0 Å². The fourth-order valence-corrected chi connectivity index (χ4v) is 2.69. The van der Waals surface area contributed by atoms with E-state index in [9.17, 15) is 4.79 Å². The highest BCUT2D eigenvalue weighted by atomic mass is 16.5. The van der Waals surface area contributed by atoms with Crippen molar-refractivity contribution in [3.8, 4) is 0 Å². The lowest BCUT2D eigenvalue weighted by atomic mass is 10.0. The van der Waals surface area contributed by atoms with Crippen LogP contribution in [0.25, 0.3) is 11.1 Å². The lowest BCUT2D eigenvalue weighted by Gasteiger charge is -2.21. The van der Waals surface area contributed by atoms with E-state index in [-0.39, 0.29) is 5.76 Å². The predicted octanol–water partition coefficient (Wildman–Crippen LogP) is 2.58. The third-order valence-electron chi connectivity index (χ3n) is 3.92. The van der Waals surface area contributed by atoms with Crippen LogP contribution in [0, 0.1) is 5.92 Å². The van der Waals surface area contributed by atoms with Crippen molar-refractivity contribution in [3.05, 3.63) is 34.3 Å². The summed E-state index contributed by atoms with van der Waals surface area (Å²) >= 11 is 0. The first-order chi connectivity index (χ1) is 9.28. The molecule has 0 N–H and O–H groups in total. The SMILES string of the molecule is CCc1ccc2oc(=O)n(CC3CCOCC3)c2c1. The molecule has 102 valence electrons. The summed E-state index contributed by atoms with van der Waals surface area (Å²) in [5, 5.41) is 0. The van der Waals surface area contributed by atoms with Crippen molar-refractivity contribution in [1.29, 1.82) is 0 Å². The van der Waals surface area contributed by atoms with E-state index in [4.69, 9.17) is 9.15 Å². The number of ether oxygens (including phenoxy) is 1. The first-order valence-electron chi connectivity index (χ1n) is 6.98. The number of aryl methyl sites for hydroxylation is 1. The molecule has 0 saturated carbocycles. The molecule has 1 aliphatic rings. The van der Waals surface area contributed by atoms with Crippen LogP contribution in [0.3, 0.4) is 0 Å². The van der Waals surface area contributed by atoms with Crippen molar-refractivity contribution in [2.75, 3.05) is 13.2 Å². The van der Waals surface area contributed by atoms with Crippen LogP contribution in [0.15, 0.2) is 27.4 Å². The molecular weight excluding hydrogens is 242 g/mol. The van der Waals surface area contributed by atoms with Gasteiger partial charge < -0.3 is 9.15 Å². The van der Waals surface area contributed by atoms with Gasteiger partial charge in [-0.25, -0.2) is 4.79 Å². The number of fused-ring (bicyclic) bond motifs is 1. The molecule has 1 fully saturated rings. The van der Waals surface area contributed by atoms with E-state index < -0.39 is 0 Å². The average molecular weight is 261 g/mol. The lowest BCUT2D eigenvalue weighted by Crippen LogP contribution is -2.24. The summed E-state index contributed by atoms with van der Waals surface area (Å²) in [6.07, 6.45) is 3.01. The van der Waals surface area contributed by atoms with Crippen molar-refractivity contribution in [2.24, 2.45) is 5.92 Å². The van der Waals surface area contributed by atoms with Crippen LogP contribution in [0.2, 0.25) is 0 Å². The molecule has 1 saturated heterocycles. The second-order valence-electron chi connectivity index (χ2n) is 5.19. The summed E-state index contributed by atoms with van der Waals surface area (Å²) in [5.41, 5.74) is 2.85. The largest absolute Gasteiger partial charge is 0.419 e.